The number of aromatic hydroxyl groups is 1. The molecule has 0 aromatic carbocycles. The van der Waals surface area contributed by atoms with E-state index in [9.17, 15) is 5.11 Å². The van der Waals surface area contributed by atoms with Gasteiger partial charge >= 0.3 is 0 Å². The van der Waals surface area contributed by atoms with Crippen molar-refractivity contribution >= 4 is 23.1 Å². The molecular formula is C9H11N3OS. The van der Waals surface area contributed by atoms with Gasteiger partial charge in [0.15, 0.2) is 16.7 Å². The Kier molecular flexibility index (Phi) is 2.49. The van der Waals surface area contributed by atoms with Crippen molar-refractivity contribution in [3.05, 3.63) is 18.3 Å². The highest BCUT2D eigenvalue weighted by Crippen LogP contribution is 2.20. The molecule has 1 aliphatic carbocycles. The lowest BCUT2D eigenvalue weighted by Gasteiger charge is -2.09. The lowest BCUT2D eigenvalue weighted by Crippen LogP contribution is -2.30. The molecule has 74 valence electrons. The minimum absolute atomic E-state index is 0.104. The zero-order valence-corrected chi connectivity index (χ0v) is 8.34. The second-order valence-corrected chi connectivity index (χ2v) is 3.65. The minimum Gasteiger partial charge on any atom is -0.504 e. The summed E-state index contributed by atoms with van der Waals surface area (Å²) in [7, 11) is 0. The molecule has 0 unspecified atom stereocenters. The van der Waals surface area contributed by atoms with E-state index in [4.69, 9.17) is 12.2 Å². The molecular weight excluding hydrogens is 198 g/mol. The summed E-state index contributed by atoms with van der Waals surface area (Å²) in [5.74, 6) is 0.498. The number of rotatable bonds is 2. The van der Waals surface area contributed by atoms with Crippen LogP contribution in [0.2, 0.25) is 0 Å². The highest BCUT2D eigenvalue weighted by atomic mass is 32.1. The van der Waals surface area contributed by atoms with Gasteiger partial charge in [0.05, 0.1) is 0 Å². The van der Waals surface area contributed by atoms with Gasteiger partial charge in [0.25, 0.3) is 0 Å². The molecule has 0 radical (unpaired) electrons. The molecule has 0 amide bonds. The van der Waals surface area contributed by atoms with Crippen molar-refractivity contribution in [3.63, 3.8) is 0 Å². The molecule has 4 nitrogen and oxygen atoms in total. The summed E-state index contributed by atoms with van der Waals surface area (Å²) in [6, 6.07) is 3.73. The van der Waals surface area contributed by atoms with Gasteiger partial charge in [0.2, 0.25) is 0 Å². The Bertz CT molecular complexity index is 352. The van der Waals surface area contributed by atoms with E-state index in [2.05, 4.69) is 15.6 Å². The van der Waals surface area contributed by atoms with Crippen LogP contribution in [0.25, 0.3) is 0 Å². The predicted molar refractivity (Wildman–Crippen MR) is 58.3 cm³/mol. The fraction of sp³-hybridized carbons (Fsp3) is 0.333. The van der Waals surface area contributed by atoms with E-state index in [0.717, 1.165) is 12.8 Å². The van der Waals surface area contributed by atoms with Crippen molar-refractivity contribution in [1.82, 2.24) is 10.3 Å². The number of aromatic nitrogens is 1. The van der Waals surface area contributed by atoms with Crippen LogP contribution in [-0.2, 0) is 0 Å². The molecule has 2 rings (SSSR count). The van der Waals surface area contributed by atoms with E-state index in [1.165, 1.54) is 0 Å². The van der Waals surface area contributed by atoms with Gasteiger partial charge in [0, 0.05) is 12.2 Å². The molecule has 0 atom stereocenters. The summed E-state index contributed by atoms with van der Waals surface area (Å²) in [6.45, 7) is 0. The molecule has 1 aliphatic rings. The van der Waals surface area contributed by atoms with Gasteiger partial charge in [-0.3, -0.25) is 0 Å². The largest absolute Gasteiger partial charge is 0.504 e. The standard InChI is InChI=1S/C9H11N3OS/c13-7-2-1-5-10-8(7)12-9(14)11-6-3-4-6/h1-2,5-6,13H,3-4H2,(H2,10,11,12,14). The molecule has 1 fully saturated rings. The maximum absolute atomic E-state index is 9.40. The van der Waals surface area contributed by atoms with Gasteiger partial charge in [-0.1, -0.05) is 0 Å². The van der Waals surface area contributed by atoms with Crippen molar-refractivity contribution < 1.29 is 5.11 Å². The van der Waals surface area contributed by atoms with Crippen LogP contribution >= 0.6 is 12.2 Å². The summed E-state index contributed by atoms with van der Waals surface area (Å²) < 4.78 is 0. The Morgan fingerprint density at radius 2 is 2.36 bits per heavy atom. The molecule has 0 aliphatic heterocycles. The smallest absolute Gasteiger partial charge is 0.174 e. The molecule has 0 spiro atoms. The number of pyridine rings is 1. The Morgan fingerprint density at radius 3 is 3.00 bits per heavy atom. The third-order valence-electron chi connectivity index (χ3n) is 1.93. The van der Waals surface area contributed by atoms with Gasteiger partial charge in [-0.2, -0.15) is 0 Å². The van der Waals surface area contributed by atoms with Crippen molar-refractivity contribution in [2.24, 2.45) is 0 Å². The van der Waals surface area contributed by atoms with Crippen molar-refractivity contribution in [1.29, 1.82) is 0 Å². The fourth-order valence-corrected chi connectivity index (χ4v) is 1.31. The zero-order valence-electron chi connectivity index (χ0n) is 7.53. The quantitative estimate of drug-likeness (QED) is 0.640. The van der Waals surface area contributed by atoms with E-state index < -0.39 is 0 Å². The van der Waals surface area contributed by atoms with Crippen LogP contribution in [0.15, 0.2) is 18.3 Å². The lowest BCUT2D eigenvalue weighted by atomic mass is 10.4. The average Bonchev–Trinajstić information content (AvgIpc) is 2.93. The second kappa shape index (κ2) is 3.79. The van der Waals surface area contributed by atoms with Crippen molar-refractivity contribution in [2.45, 2.75) is 18.9 Å². The Hall–Kier alpha value is -1.36. The fourth-order valence-electron chi connectivity index (χ4n) is 1.05. The number of hydrogen-bond acceptors (Lipinski definition) is 3. The highest BCUT2D eigenvalue weighted by Gasteiger charge is 2.21. The number of hydrogen-bond donors (Lipinski definition) is 3. The van der Waals surface area contributed by atoms with Gasteiger partial charge in [0.1, 0.15) is 0 Å². The van der Waals surface area contributed by atoms with Gasteiger partial charge in [-0.15, -0.1) is 0 Å². The first-order chi connectivity index (χ1) is 6.75. The van der Waals surface area contributed by atoms with Gasteiger partial charge in [-0.05, 0) is 37.2 Å². The normalized spacial score (nSPS) is 14.9. The van der Waals surface area contributed by atoms with Crippen molar-refractivity contribution in [3.8, 4) is 5.75 Å². The van der Waals surface area contributed by atoms with E-state index in [1.807, 2.05) is 0 Å². The van der Waals surface area contributed by atoms with Gasteiger partial charge in [-0.25, -0.2) is 4.98 Å². The topological polar surface area (TPSA) is 57.2 Å². The SMILES string of the molecule is Oc1cccnc1NC(=S)NC1CC1. The van der Waals surface area contributed by atoms with Crippen molar-refractivity contribution in [2.75, 3.05) is 5.32 Å². The number of thiocarbonyl (C=S) groups is 1. The first-order valence-corrected chi connectivity index (χ1v) is 4.88. The molecule has 14 heavy (non-hydrogen) atoms. The van der Waals surface area contributed by atoms with Crippen LogP contribution in [0.5, 0.6) is 5.75 Å². The van der Waals surface area contributed by atoms with Crippen LogP contribution in [-0.4, -0.2) is 21.2 Å². The molecule has 1 saturated carbocycles. The van der Waals surface area contributed by atoms with Crippen LogP contribution in [0.1, 0.15) is 12.8 Å². The molecule has 5 heteroatoms. The molecule has 1 aromatic heterocycles. The number of anilines is 1. The molecule has 1 heterocycles. The Morgan fingerprint density at radius 1 is 1.57 bits per heavy atom. The van der Waals surface area contributed by atoms with E-state index in [-0.39, 0.29) is 5.75 Å². The first kappa shape index (κ1) is 9.21. The molecule has 3 N–H and O–H groups in total. The predicted octanol–water partition coefficient (Wildman–Crippen LogP) is 1.24. The minimum atomic E-state index is 0.104. The van der Waals surface area contributed by atoms with Crippen LogP contribution in [0, 0.1) is 0 Å². The third kappa shape index (κ3) is 2.32. The molecule has 0 bridgehead atoms. The number of nitrogens with zero attached hydrogens (tertiary/aromatic N) is 1. The van der Waals surface area contributed by atoms with Crippen LogP contribution in [0.4, 0.5) is 5.82 Å². The van der Waals surface area contributed by atoms with Crippen LogP contribution < -0.4 is 10.6 Å². The molecule has 0 saturated heterocycles. The van der Waals surface area contributed by atoms with E-state index in [1.54, 1.807) is 18.3 Å². The Balaban J connectivity index is 1.95. The zero-order chi connectivity index (χ0) is 9.97. The van der Waals surface area contributed by atoms with E-state index >= 15 is 0 Å². The van der Waals surface area contributed by atoms with Crippen LogP contribution in [0.3, 0.4) is 0 Å². The van der Waals surface area contributed by atoms with Gasteiger partial charge < -0.3 is 15.7 Å². The number of nitrogens with one attached hydrogen (secondary N) is 2. The van der Waals surface area contributed by atoms with E-state index in [0.29, 0.717) is 17.0 Å². The summed E-state index contributed by atoms with van der Waals surface area (Å²) >= 11 is 5.04. The third-order valence-corrected chi connectivity index (χ3v) is 2.15. The summed E-state index contributed by atoms with van der Waals surface area (Å²) in [4.78, 5) is 3.96. The summed E-state index contributed by atoms with van der Waals surface area (Å²) in [6.07, 6.45) is 3.92. The maximum atomic E-state index is 9.40. The second-order valence-electron chi connectivity index (χ2n) is 3.24. The average molecular weight is 209 g/mol. The maximum Gasteiger partial charge on any atom is 0.174 e. The molecule has 1 aromatic rings. The first-order valence-electron chi connectivity index (χ1n) is 4.47. The summed E-state index contributed by atoms with van der Waals surface area (Å²) in [5.41, 5.74) is 0. The lowest BCUT2D eigenvalue weighted by molar-refractivity contribution is 0.475. The monoisotopic (exact) mass is 209 g/mol. The highest BCUT2D eigenvalue weighted by molar-refractivity contribution is 7.80. The summed E-state index contributed by atoms with van der Waals surface area (Å²) in [5, 5.41) is 15.9. The Labute approximate surface area is 87.4 Å².